The maximum Gasteiger partial charge on any atom is 0.264 e. The summed E-state index contributed by atoms with van der Waals surface area (Å²) in [4.78, 5) is -0.0127. The van der Waals surface area contributed by atoms with E-state index in [1.54, 1.807) is 72.8 Å². The molecule has 0 aliphatic heterocycles. The van der Waals surface area contributed by atoms with E-state index in [4.69, 9.17) is 42.1 Å². The average molecular weight is 818 g/mol. The van der Waals surface area contributed by atoms with Gasteiger partial charge in [-0.25, -0.2) is 16.8 Å². The summed E-state index contributed by atoms with van der Waals surface area (Å²) in [5.41, 5.74) is 0.617. The van der Waals surface area contributed by atoms with Crippen molar-refractivity contribution in [3.05, 3.63) is 131 Å². The summed E-state index contributed by atoms with van der Waals surface area (Å²) in [5, 5.41) is 22.6. The number of sulfonamides is 2. The number of anilines is 2. The highest BCUT2D eigenvalue weighted by atomic mass is 35.5. The molecular weight excluding hydrogens is 779 g/mol. The van der Waals surface area contributed by atoms with Crippen LogP contribution in [0.3, 0.4) is 0 Å². The Kier molecular flexibility index (Phi) is 13.6. The monoisotopic (exact) mass is 816 g/mol. The lowest BCUT2D eigenvalue weighted by Crippen LogP contribution is -2.40. The van der Waals surface area contributed by atoms with E-state index in [-0.39, 0.29) is 36.1 Å². The summed E-state index contributed by atoms with van der Waals surface area (Å²) in [5.74, 6) is 1.79. The van der Waals surface area contributed by atoms with Gasteiger partial charge >= 0.3 is 0 Å². The van der Waals surface area contributed by atoms with Crippen LogP contribution in [-0.2, 0) is 20.0 Å². The lowest BCUT2D eigenvalue weighted by atomic mass is 10.2. The first-order valence-corrected chi connectivity index (χ1v) is 20.0. The minimum absolute atomic E-state index is 0.00633. The Morgan fingerprint density at radius 1 is 0.500 bits per heavy atom. The number of benzene rings is 5. The highest BCUT2D eigenvalue weighted by molar-refractivity contribution is 7.93. The smallest absolute Gasteiger partial charge is 0.264 e. The van der Waals surface area contributed by atoms with Crippen LogP contribution in [0.5, 0.6) is 23.0 Å². The number of halogens is 2. The molecule has 5 aromatic rings. The number of nitrogens with zero attached hydrogens (tertiary/aromatic N) is 2. The highest BCUT2D eigenvalue weighted by Gasteiger charge is 2.29. The number of methoxy groups -OCH3 is 2. The zero-order chi connectivity index (χ0) is 38.9. The standard InChI is InChI=1S/C38H38Cl2N2O10S2/c1-49-33-11-7-29(8-12-33)41(53(45,46)37-19-3-27(39)4-20-37)23-31(43)25-51-35-15-17-36(18-16-35)52-26-32(44)24-42(30-9-13-34(50-2)14-10-30)54(47,48)38-21-5-28(40)6-22-38/h3-22,31-32,43-44H,23-26H2,1-2H3. The molecule has 286 valence electrons. The number of aliphatic hydroxyl groups excluding tert-OH is 2. The molecule has 2 N–H and O–H groups in total. The fourth-order valence-electron chi connectivity index (χ4n) is 5.15. The third-order valence-corrected chi connectivity index (χ3v) is 12.1. The average Bonchev–Trinajstić information content (AvgIpc) is 3.18. The number of hydrogen-bond donors (Lipinski definition) is 2. The fraction of sp³-hybridized carbons (Fsp3) is 0.211. The maximum absolute atomic E-state index is 13.7. The molecule has 54 heavy (non-hydrogen) atoms. The van der Waals surface area contributed by atoms with Crippen LogP contribution >= 0.6 is 23.2 Å². The summed E-state index contributed by atoms with van der Waals surface area (Å²) in [6, 6.07) is 30.5. The van der Waals surface area contributed by atoms with Crippen molar-refractivity contribution in [2.45, 2.75) is 22.0 Å². The van der Waals surface area contributed by atoms with Crippen molar-refractivity contribution in [3.63, 3.8) is 0 Å². The van der Waals surface area contributed by atoms with Crippen LogP contribution in [0.4, 0.5) is 11.4 Å². The minimum atomic E-state index is -4.10. The second-order valence-corrected chi connectivity index (χ2v) is 16.4. The van der Waals surface area contributed by atoms with E-state index in [0.717, 1.165) is 8.61 Å². The number of aliphatic hydroxyl groups is 2. The zero-order valence-electron chi connectivity index (χ0n) is 29.2. The first-order valence-electron chi connectivity index (χ1n) is 16.4. The molecule has 0 heterocycles. The number of hydrogen-bond acceptors (Lipinski definition) is 10. The van der Waals surface area contributed by atoms with Crippen LogP contribution in [0.2, 0.25) is 10.0 Å². The van der Waals surface area contributed by atoms with E-state index in [2.05, 4.69) is 0 Å². The highest BCUT2D eigenvalue weighted by Crippen LogP contribution is 2.29. The maximum atomic E-state index is 13.7. The van der Waals surface area contributed by atoms with Gasteiger partial charge in [0.2, 0.25) is 0 Å². The second kappa shape index (κ2) is 18.1. The van der Waals surface area contributed by atoms with Crippen molar-refractivity contribution in [2.75, 3.05) is 49.1 Å². The first kappa shape index (κ1) is 40.5. The molecule has 12 nitrogen and oxygen atoms in total. The van der Waals surface area contributed by atoms with E-state index in [0.29, 0.717) is 44.4 Å². The molecule has 0 saturated carbocycles. The minimum Gasteiger partial charge on any atom is -0.497 e. The Labute approximate surface area is 324 Å². The van der Waals surface area contributed by atoms with E-state index in [1.165, 1.54) is 62.8 Å². The van der Waals surface area contributed by atoms with Crippen molar-refractivity contribution in [1.82, 2.24) is 0 Å². The van der Waals surface area contributed by atoms with Gasteiger partial charge in [0.25, 0.3) is 20.0 Å². The molecule has 0 amide bonds. The summed E-state index contributed by atoms with van der Waals surface area (Å²) in [7, 11) is -5.21. The second-order valence-electron chi connectivity index (χ2n) is 11.8. The SMILES string of the molecule is COc1ccc(N(CC(O)COc2ccc(OCC(O)CN(c3ccc(OC)cc3)S(=O)(=O)c3ccc(Cl)cc3)cc2)S(=O)(=O)c2ccc(Cl)cc2)cc1. The van der Waals surface area contributed by atoms with Gasteiger partial charge in [-0.05, 0) is 121 Å². The predicted molar refractivity (Wildman–Crippen MR) is 207 cm³/mol. The van der Waals surface area contributed by atoms with Crippen molar-refractivity contribution in [1.29, 1.82) is 0 Å². The molecular formula is C38H38Cl2N2O10S2. The summed E-state index contributed by atoms with van der Waals surface area (Å²) >= 11 is 12.0. The van der Waals surface area contributed by atoms with Gasteiger partial charge in [-0.15, -0.1) is 0 Å². The molecule has 5 rings (SSSR count). The third-order valence-electron chi connectivity index (χ3n) is 7.99. The summed E-state index contributed by atoms with van der Waals surface area (Å²) in [6.45, 7) is -1.13. The Morgan fingerprint density at radius 3 is 1.09 bits per heavy atom. The normalized spacial score (nSPS) is 12.7. The summed E-state index contributed by atoms with van der Waals surface area (Å²) in [6.07, 6.45) is -2.48. The van der Waals surface area contributed by atoms with Crippen molar-refractivity contribution in [3.8, 4) is 23.0 Å². The molecule has 0 saturated heterocycles. The van der Waals surface area contributed by atoms with Crippen molar-refractivity contribution in [2.24, 2.45) is 0 Å². The van der Waals surface area contributed by atoms with Gasteiger partial charge in [0.15, 0.2) is 0 Å². The fourth-order valence-corrected chi connectivity index (χ4v) is 8.41. The van der Waals surface area contributed by atoms with Gasteiger partial charge in [-0.3, -0.25) is 8.61 Å². The number of rotatable bonds is 18. The van der Waals surface area contributed by atoms with Crippen LogP contribution in [0.1, 0.15) is 0 Å². The number of ether oxygens (including phenoxy) is 4. The molecule has 2 unspecified atom stereocenters. The van der Waals surface area contributed by atoms with E-state index in [9.17, 15) is 27.0 Å². The van der Waals surface area contributed by atoms with Gasteiger partial charge in [-0.1, -0.05) is 23.2 Å². The topological polar surface area (TPSA) is 152 Å². The van der Waals surface area contributed by atoms with Gasteiger partial charge in [-0.2, -0.15) is 0 Å². The molecule has 0 aliphatic carbocycles. The molecule has 5 aromatic carbocycles. The molecule has 0 aliphatic rings. The molecule has 0 aromatic heterocycles. The molecule has 0 radical (unpaired) electrons. The predicted octanol–water partition coefficient (Wildman–Crippen LogP) is 6.28. The Hall–Kier alpha value is -4.70. The van der Waals surface area contributed by atoms with Gasteiger partial charge in [0, 0.05) is 10.0 Å². The van der Waals surface area contributed by atoms with Crippen molar-refractivity contribution < 1.29 is 46.0 Å². The summed E-state index contributed by atoms with van der Waals surface area (Å²) < 4.78 is 78.7. The van der Waals surface area contributed by atoms with E-state index < -0.39 is 32.3 Å². The molecule has 2 atom stereocenters. The Morgan fingerprint density at radius 2 is 0.796 bits per heavy atom. The van der Waals surface area contributed by atoms with Crippen LogP contribution in [0.25, 0.3) is 0 Å². The van der Waals surface area contributed by atoms with E-state index >= 15 is 0 Å². The molecule has 0 spiro atoms. The largest absolute Gasteiger partial charge is 0.497 e. The molecule has 16 heteroatoms. The van der Waals surface area contributed by atoms with Crippen LogP contribution < -0.4 is 27.6 Å². The first-order chi connectivity index (χ1) is 25.8. The zero-order valence-corrected chi connectivity index (χ0v) is 32.3. The lowest BCUT2D eigenvalue weighted by Gasteiger charge is -2.27. The Bertz CT molecular complexity index is 2020. The van der Waals surface area contributed by atoms with Gasteiger partial charge in [0.1, 0.15) is 48.4 Å². The molecule has 0 fully saturated rings. The van der Waals surface area contributed by atoms with Crippen LogP contribution in [0.15, 0.2) is 131 Å². The third kappa shape index (κ3) is 10.3. The van der Waals surface area contributed by atoms with E-state index in [1.807, 2.05) is 0 Å². The van der Waals surface area contributed by atoms with Gasteiger partial charge in [0.05, 0.1) is 48.5 Å². The lowest BCUT2D eigenvalue weighted by molar-refractivity contribution is 0.113. The van der Waals surface area contributed by atoms with Crippen molar-refractivity contribution >= 4 is 54.6 Å². The quantitative estimate of drug-likeness (QED) is 0.103. The van der Waals surface area contributed by atoms with Crippen LogP contribution in [-0.4, -0.2) is 79.8 Å². The molecule has 0 bridgehead atoms. The van der Waals surface area contributed by atoms with Gasteiger partial charge < -0.3 is 29.2 Å². The Balaban J connectivity index is 1.21. The van der Waals surface area contributed by atoms with Crippen LogP contribution in [0, 0.1) is 0 Å².